The van der Waals surface area contributed by atoms with Crippen LogP contribution in [0.3, 0.4) is 0 Å². The summed E-state index contributed by atoms with van der Waals surface area (Å²) in [5.74, 6) is 0.223. The van der Waals surface area contributed by atoms with Gasteiger partial charge >= 0.3 is 0 Å². The molecule has 0 aliphatic carbocycles. The number of hydrogen-bond acceptors (Lipinski definition) is 4. The van der Waals surface area contributed by atoms with Gasteiger partial charge in [-0.2, -0.15) is 0 Å². The molecule has 94 valence electrons. The minimum absolute atomic E-state index is 0.286. The molecule has 2 heterocycles. The number of rotatable bonds is 2. The van der Waals surface area contributed by atoms with Crippen LogP contribution in [0.5, 0.6) is 0 Å². The maximum Gasteiger partial charge on any atom is 0.193 e. The molecule has 0 unspecified atom stereocenters. The first kappa shape index (κ1) is 11.2. The maximum absolute atomic E-state index is 13.8. The molecule has 0 saturated carbocycles. The van der Waals surface area contributed by atoms with Crippen molar-refractivity contribution in [2.24, 2.45) is 0 Å². The molecule has 1 saturated heterocycles. The lowest BCUT2D eigenvalue weighted by atomic mass is 10.1. The Bertz CT molecular complexity index is 535. The van der Waals surface area contributed by atoms with Gasteiger partial charge in [-0.25, -0.2) is 4.39 Å². The highest BCUT2D eigenvalue weighted by atomic mass is 19.1. The molecular formula is C13H14FN3O. The fourth-order valence-corrected chi connectivity index (χ4v) is 2.20. The number of nitrogens with zero attached hydrogens (tertiary/aromatic N) is 2. The lowest BCUT2D eigenvalue weighted by Crippen LogP contribution is -2.43. The topological polar surface area (TPSA) is 41.3 Å². The highest BCUT2D eigenvalue weighted by molar-refractivity contribution is 5.73. The van der Waals surface area contributed by atoms with Crippen LogP contribution in [-0.2, 0) is 0 Å². The molecule has 5 heteroatoms. The SMILES string of the molecule is Fc1ccccc1-c1oncc1N1CCNCC1. The summed E-state index contributed by atoms with van der Waals surface area (Å²) >= 11 is 0. The van der Waals surface area contributed by atoms with Crippen molar-refractivity contribution in [2.45, 2.75) is 0 Å². The van der Waals surface area contributed by atoms with E-state index in [-0.39, 0.29) is 5.82 Å². The number of piperazine rings is 1. The van der Waals surface area contributed by atoms with Crippen LogP contribution < -0.4 is 10.2 Å². The van der Waals surface area contributed by atoms with Crippen molar-refractivity contribution in [3.05, 3.63) is 36.3 Å². The molecule has 1 aromatic heterocycles. The standard InChI is InChI=1S/C13H14FN3O/c14-11-4-2-1-3-10(11)13-12(9-16-18-13)17-7-5-15-6-8-17/h1-4,9,15H,5-8H2. The average molecular weight is 247 g/mol. The van der Waals surface area contributed by atoms with Crippen molar-refractivity contribution in [1.29, 1.82) is 0 Å². The van der Waals surface area contributed by atoms with E-state index in [4.69, 9.17) is 4.52 Å². The van der Waals surface area contributed by atoms with Gasteiger partial charge in [-0.1, -0.05) is 17.3 Å². The van der Waals surface area contributed by atoms with Crippen LogP contribution in [0.25, 0.3) is 11.3 Å². The summed E-state index contributed by atoms with van der Waals surface area (Å²) in [6.45, 7) is 3.59. The third kappa shape index (κ3) is 1.97. The summed E-state index contributed by atoms with van der Waals surface area (Å²) in [7, 11) is 0. The van der Waals surface area contributed by atoms with Gasteiger partial charge in [-0.05, 0) is 12.1 Å². The largest absolute Gasteiger partial charge is 0.365 e. The number of nitrogens with one attached hydrogen (secondary N) is 1. The Kier molecular flexibility index (Phi) is 2.98. The van der Waals surface area contributed by atoms with Gasteiger partial charge in [0.25, 0.3) is 0 Å². The molecule has 1 aromatic carbocycles. The monoisotopic (exact) mass is 247 g/mol. The summed E-state index contributed by atoms with van der Waals surface area (Å²) in [5, 5.41) is 7.09. The van der Waals surface area contributed by atoms with Crippen LogP contribution in [0.1, 0.15) is 0 Å². The van der Waals surface area contributed by atoms with Crippen molar-refractivity contribution in [1.82, 2.24) is 10.5 Å². The zero-order chi connectivity index (χ0) is 12.4. The second kappa shape index (κ2) is 4.78. The molecule has 2 aromatic rings. The van der Waals surface area contributed by atoms with Gasteiger partial charge in [0.15, 0.2) is 5.76 Å². The van der Waals surface area contributed by atoms with Crippen molar-refractivity contribution < 1.29 is 8.91 Å². The van der Waals surface area contributed by atoms with Crippen LogP contribution >= 0.6 is 0 Å². The Hall–Kier alpha value is -1.88. The van der Waals surface area contributed by atoms with Crippen LogP contribution in [0.15, 0.2) is 35.0 Å². The van der Waals surface area contributed by atoms with Gasteiger partial charge in [0.1, 0.15) is 11.5 Å². The van der Waals surface area contributed by atoms with E-state index in [1.165, 1.54) is 6.07 Å². The normalized spacial score (nSPS) is 15.9. The number of halogens is 1. The molecule has 3 rings (SSSR count). The molecule has 0 atom stereocenters. The highest BCUT2D eigenvalue weighted by Crippen LogP contribution is 2.32. The fraction of sp³-hybridized carbons (Fsp3) is 0.308. The molecule has 1 fully saturated rings. The Morgan fingerprint density at radius 3 is 2.78 bits per heavy atom. The van der Waals surface area contributed by atoms with E-state index in [0.29, 0.717) is 11.3 Å². The van der Waals surface area contributed by atoms with Crippen LogP contribution in [0.4, 0.5) is 10.1 Å². The molecule has 1 aliphatic rings. The molecule has 4 nitrogen and oxygen atoms in total. The molecule has 0 radical (unpaired) electrons. The van der Waals surface area contributed by atoms with Gasteiger partial charge in [0.2, 0.25) is 0 Å². The van der Waals surface area contributed by atoms with Crippen LogP contribution in [0.2, 0.25) is 0 Å². The maximum atomic E-state index is 13.8. The van der Waals surface area contributed by atoms with Gasteiger partial charge in [0, 0.05) is 26.2 Å². The predicted molar refractivity (Wildman–Crippen MR) is 67.0 cm³/mol. The molecule has 1 N–H and O–H groups in total. The Morgan fingerprint density at radius 2 is 2.00 bits per heavy atom. The molecule has 1 aliphatic heterocycles. The third-order valence-electron chi connectivity index (χ3n) is 3.13. The number of anilines is 1. The number of hydrogen-bond donors (Lipinski definition) is 1. The van der Waals surface area contributed by atoms with Crippen molar-refractivity contribution in [3.63, 3.8) is 0 Å². The molecule has 18 heavy (non-hydrogen) atoms. The Labute approximate surface area is 104 Å². The first-order valence-corrected chi connectivity index (χ1v) is 6.01. The summed E-state index contributed by atoms with van der Waals surface area (Å²) in [4.78, 5) is 2.16. The quantitative estimate of drug-likeness (QED) is 0.880. The summed E-state index contributed by atoms with van der Waals surface area (Å²) < 4.78 is 19.0. The first-order chi connectivity index (χ1) is 8.86. The summed E-state index contributed by atoms with van der Waals surface area (Å²) in [6, 6.07) is 6.60. The molecular weight excluding hydrogens is 233 g/mol. The zero-order valence-electron chi connectivity index (χ0n) is 9.90. The van der Waals surface area contributed by atoms with E-state index in [1.807, 2.05) is 0 Å². The van der Waals surface area contributed by atoms with E-state index in [0.717, 1.165) is 31.9 Å². The van der Waals surface area contributed by atoms with Crippen molar-refractivity contribution >= 4 is 5.69 Å². The smallest absolute Gasteiger partial charge is 0.193 e. The van der Waals surface area contributed by atoms with E-state index < -0.39 is 0 Å². The second-order valence-corrected chi connectivity index (χ2v) is 4.26. The molecule has 0 spiro atoms. The van der Waals surface area contributed by atoms with E-state index in [2.05, 4.69) is 15.4 Å². The number of aromatic nitrogens is 1. The highest BCUT2D eigenvalue weighted by Gasteiger charge is 2.20. The third-order valence-corrected chi connectivity index (χ3v) is 3.13. The fourth-order valence-electron chi connectivity index (χ4n) is 2.20. The molecule has 0 amide bonds. The molecule has 0 bridgehead atoms. The van der Waals surface area contributed by atoms with Crippen molar-refractivity contribution in [3.8, 4) is 11.3 Å². The average Bonchev–Trinajstić information content (AvgIpc) is 2.89. The first-order valence-electron chi connectivity index (χ1n) is 6.01. The lowest BCUT2D eigenvalue weighted by molar-refractivity contribution is 0.429. The Morgan fingerprint density at radius 1 is 1.22 bits per heavy atom. The van der Waals surface area contributed by atoms with Crippen LogP contribution in [0, 0.1) is 5.82 Å². The predicted octanol–water partition coefficient (Wildman–Crippen LogP) is 1.89. The van der Waals surface area contributed by atoms with Crippen molar-refractivity contribution in [2.75, 3.05) is 31.1 Å². The zero-order valence-corrected chi connectivity index (χ0v) is 9.90. The van der Waals surface area contributed by atoms with E-state index in [9.17, 15) is 4.39 Å². The van der Waals surface area contributed by atoms with Gasteiger partial charge < -0.3 is 14.7 Å². The van der Waals surface area contributed by atoms with Crippen LogP contribution in [-0.4, -0.2) is 31.3 Å². The summed E-state index contributed by atoms with van der Waals surface area (Å²) in [6.07, 6.45) is 1.66. The minimum atomic E-state index is -0.286. The summed E-state index contributed by atoms with van der Waals surface area (Å²) in [5.41, 5.74) is 1.32. The van der Waals surface area contributed by atoms with Gasteiger partial charge in [-0.15, -0.1) is 0 Å². The Balaban J connectivity index is 1.98. The van der Waals surface area contributed by atoms with Gasteiger partial charge in [-0.3, -0.25) is 0 Å². The number of benzene rings is 1. The van der Waals surface area contributed by atoms with E-state index >= 15 is 0 Å². The van der Waals surface area contributed by atoms with E-state index in [1.54, 1.807) is 24.4 Å². The second-order valence-electron chi connectivity index (χ2n) is 4.26. The lowest BCUT2D eigenvalue weighted by Gasteiger charge is -2.28. The minimum Gasteiger partial charge on any atom is -0.365 e. The van der Waals surface area contributed by atoms with Gasteiger partial charge in [0.05, 0.1) is 11.8 Å².